The van der Waals surface area contributed by atoms with E-state index in [0.717, 1.165) is 29.9 Å². The molecule has 8 heteroatoms. The monoisotopic (exact) mass is 528 g/mol. The number of hydrogen-bond donors (Lipinski definition) is 2. The molecule has 0 bridgehead atoms. The zero-order valence-electron chi connectivity index (χ0n) is 23.4. The zero-order chi connectivity index (χ0) is 27.4. The lowest BCUT2D eigenvalue weighted by Crippen LogP contribution is -2.57. The van der Waals surface area contributed by atoms with Crippen LogP contribution in [-0.2, 0) is 17.6 Å². The van der Waals surface area contributed by atoms with Crippen molar-refractivity contribution >= 4 is 23.2 Å². The van der Waals surface area contributed by atoms with Crippen LogP contribution in [-0.4, -0.2) is 53.2 Å². The molecule has 2 aromatic carbocycles. The van der Waals surface area contributed by atoms with Crippen molar-refractivity contribution in [1.29, 1.82) is 0 Å². The number of amides is 2. The number of carbonyl (C=O) groups excluding carboxylic acids is 2. The molecule has 6 rings (SSSR count). The predicted octanol–water partition coefficient (Wildman–Crippen LogP) is 4.90. The maximum atomic E-state index is 13.4. The third kappa shape index (κ3) is 5.70. The van der Waals surface area contributed by atoms with Crippen LogP contribution < -0.4 is 15.1 Å². The molecule has 2 amide bonds. The number of likely N-dealkylation sites (N-methyl/N-ethyl adjacent to an activating group) is 1. The van der Waals surface area contributed by atoms with Gasteiger partial charge in [-0.05, 0) is 48.9 Å². The van der Waals surface area contributed by atoms with Gasteiger partial charge in [-0.1, -0.05) is 69.5 Å². The highest BCUT2D eigenvalue weighted by molar-refractivity contribution is 6.02. The van der Waals surface area contributed by atoms with Gasteiger partial charge in [0.2, 0.25) is 11.7 Å². The molecular weight excluding hydrogens is 488 g/mol. The topological polar surface area (TPSA) is 94.2 Å². The van der Waals surface area contributed by atoms with Crippen molar-refractivity contribution in [2.45, 2.75) is 71.3 Å². The van der Waals surface area contributed by atoms with Crippen LogP contribution in [0.4, 0.5) is 11.4 Å². The van der Waals surface area contributed by atoms with E-state index in [1.54, 1.807) is 11.9 Å². The first-order valence-electron chi connectivity index (χ1n) is 14.4. The number of carbonyl (C=O) groups is 2. The Morgan fingerprint density at radius 1 is 1.08 bits per heavy atom. The number of anilines is 2. The largest absolute Gasteiger partial charge is 0.370 e. The Labute approximate surface area is 231 Å². The van der Waals surface area contributed by atoms with Crippen molar-refractivity contribution in [3.63, 3.8) is 0 Å². The molecule has 1 atom stereocenters. The van der Waals surface area contributed by atoms with Crippen LogP contribution >= 0.6 is 0 Å². The van der Waals surface area contributed by atoms with Crippen molar-refractivity contribution in [1.82, 2.24) is 20.5 Å². The van der Waals surface area contributed by atoms with E-state index in [9.17, 15) is 9.59 Å². The van der Waals surface area contributed by atoms with E-state index in [1.165, 1.54) is 37.8 Å². The molecule has 1 aliphatic carbocycles. The predicted molar refractivity (Wildman–Crippen MR) is 154 cm³/mol. The maximum absolute atomic E-state index is 13.4. The van der Waals surface area contributed by atoms with Crippen LogP contribution in [0.5, 0.6) is 0 Å². The molecule has 1 spiro atoms. The van der Waals surface area contributed by atoms with Crippen LogP contribution in [0.1, 0.15) is 79.9 Å². The Hall–Kier alpha value is -3.68. The number of aromatic nitrogens is 3. The van der Waals surface area contributed by atoms with Gasteiger partial charge in [0.1, 0.15) is 11.9 Å². The van der Waals surface area contributed by atoms with Gasteiger partial charge in [0, 0.05) is 43.3 Å². The summed E-state index contributed by atoms with van der Waals surface area (Å²) in [5.41, 5.74) is 4.84. The first-order valence-corrected chi connectivity index (χ1v) is 14.4. The van der Waals surface area contributed by atoms with Crippen molar-refractivity contribution < 1.29 is 9.59 Å². The number of rotatable bonds is 5. The molecule has 8 nitrogen and oxygen atoms in total. The molecular formula is C31H40N6O2. The number of fused-ring (bicyclic) bond motifs is 1. The normalized spacial score (nSPS) is 19.9. The van der Waals surface area contributed by atoms with E-state index in [2.05, 4.69) is 43.6 Å². The van der Waals surface area contributed by atoms with E-state index >= 15 is 0 Å². The number of aryl methyl sites for hydroxylation is 1. The molecule has 2 fully saturated rings. The molecule has 1 saturated carbocycles. The van der Waals surface area contributed by atoms with Crippen LogP contribution in [0.2, 0.25) is 0 Å². The molecule has 1 unspecified atom stereocenters. The highest BCUT2D eigenvalue weighted by Gasteiger charge is 2.43. The number of benzene rings is 2. The number of aromatic amines is 1. The second-order valence-electron chi connectivity index (χ2n) is 11.0. The van der Waals surface area contributed by atoms with Crippen molar-refractivity contribution in [3.05, 3.63) is 71.3 Å². The second kappa shape index (κ2) is 11.6. The second-order valence-corrected chi connectivity index (χ2v) is 11.0. The summed E-state index contributed by atoms with van der Waals surface area (Å²) >= 11 is 0. The van der Waals surface area contributed by atoms with Gasteiger partial charge >= 0.3 is 0 Å². The molecule has 3 aromatic rings. The summed E-state index contributed by atoms with van der Waals surface area (Å²) < 4.78 is 0. The quantitative estimate of drug-likeness (QED) is 0.491. The smallest absolute Gasteiger partial charge is 0.291 e. The standard InChI is InChI=1S/C29H34N6O2.C2H6/c1-34-24-17-22(35-18-29(19-35)14-6-3-7-15-29)12-10-21(24)11-13-23(28(34)37)30-27(36)26-31-25(32-33-26)16-20-8-4-2-5-9-20;1-2/h2,4-5,8-10,12,17,23H,3,6-7,11,13-16,18-19H2,1H3,(H,30,36)(H,31,32,33);1-2H3. The fraction of sp³-hybridized carbons (Fsp3) is 0.484. The molecule has 3 aliphatic rings. The number of nitrogens with zero attached hydrogens (tertiary/aromatic N) is 4. The summed E-state index contributed by atoms with van der Waals surface area (Å²) in [6.07, 6.45) is 8.57. The SMILES string of the molecule is CC.CN1C(=O)C(NC(=O)c2n[nH]c(Cc3ccccc3)n2)CCc2ccc(N3CC4(CCCCC4)C3)cc21. The van der Waals surface area contributed by atoms with Gasteiger partial charge in [0.15, 0.2) is 0 Å². The van der Waals surface area contributed by atoms with Crippen LogP contribution in [0.25, 0.3) is 0 Å². The number of nitrogens with one attached hydrogen (secondary N) is 2. The van der Waals surface area contributed by atoms with Crippen molar-refractivity contribution in [3.8, 4) is 0 Å². The third-order valence-electron chi connectivity index (χ3n) is 8.35. The molecule has 2 N–H and O–H groups in total. The summed E-state index contributed by atoms with van der Waals surface area (Å²) in [6.45, 7) is 6.23. The molecule has 3 heterocycles. The summed E-state index contributed by atoms with van der Waals surface area (Å²) in [7, 11) is 1.80. The fourth-order valence-corrected chi connectivity index (χ4v) is 6.23. The molecule has 0 radical (unpaired) electrons. The van der Waals surface area contributed by atoms with Crippen LogP contribution in [0.3, 0.4) is 0 Å². The first-order chi connectivity index (χ1) is 19.0. The number of hydrogen-bond acceptors (Lipinski definition) is 5. The lowest BCUT2D eigenvalue weighted by molar-refractivity contribution is -0.120. The molecule has 1 saturated heterocycles. The first kappa shape index (κ1) is 26.9. The average molecular weight is 529 g/mol. The summed E-state index contributed by atoms with van der Waals surface area (Å²) in [5.74, 6) is 0.116. The van der Waals surface area contributed by atoms with E-state index < -0.39 is 11.9 Å². The van der Waals surface area contributed by atoms with Gasteiger partial charge in [-0.15, -0.1) is 5.10 Å². The Bertz CT molecular complexity index is 1290. The highest BCUT2D eigenvalue weighted by atomic mass is 16.2. The van der Waals surface area contributed by atoms with Gasteiger partial charge in [0.05, 0.1) is 0 Å². The lowest BCUT2D eigenvalue weighted by Gasteiger charge is -2.53. The Morgan fingerprint density at radius 2 is 1.82 bits per heavy atom. The van der Waals surface area contributed by atoms with E-state index in [0.29, 0.717) is 30.5 Å². The van der Waals surface area contributed by atoms with Crippen molar-refractivity contribution in [2.24, 2.45) is 5.41 Å². The van der Waals surface area contributed by atoms with Gasteiger partial charge < -0.3 is 15.1 Å². The summed E-state index contributed by atoms with van der Waals surface area (Å²) in [5, 5.41) is 9.82. The Kier molecular flexibility index (Phi) is 8.00. The molecule has 1 aromatic heterocycles. The van der Waals surface area contributed by atoms with E-state index in [1.807, 2.05) is 44.2 Å². The van der Waals surface area contributed by atoms with E-state index in [4.69, 9.17) is 0 Å². The number of H-pyrrole nitrogens is 1. The minimum atomic E-state index is -0.626. The van der Waals surface area contributed by atoms with Gasteiger partial charge in [0.25, 0.3) is 5.91 Å². The van der Waals surface area contributed by atoms with E-state index in [-0.39, 0.29) is 11.7 Å². The Morgan fingerprint density at radius 3 is 2.56 bits per heavy atom. The zero-order valence-corrected chi connectivity index (χ0v) is 23.4. The molecule has 2 aliphatic heterocycles. The minimum Gasteiger partial charge on any atom is -0.370 e. The minimum absolute atomic E-state index is 0.0554. The van der Waals surface area contributed by atoms with Crippen LogP contribution in [0.15, 0.2) is 48.5 Å². The summed E-state index contributed by atoms with van der Waals surface area (Å²) in [4.78, 5) is 34.8. The summed E-state index contributed by atoms with van der Waals surface area (Å²) in [6, 6.07) is 15.8. The Balaban J connectivity index is 0.00000151. The lowest BCUT2D eigenvalue weighted by atomic mass is 9.68. The van der Waals surface area contributed by atoms with Gasteiger partial charge in [-0.3, -0.25) is 14.7 Å². The van der Waals surface area contributed by atoms with Crippen molar-refractivity contribution in [2.75, 3.05) is 29.9 Å². The molecule has 39 heavy (non-hydrogen) atoms. The highest BCUT2D eigenvalue weighted by Crippen LogP contribution is 2.46. The fourth-order valence-electron chi connectivity index (χ4n) is 6.23. The van der Waals surface area contributed by atoms with Gasteiger partial charge in [-0.2, -0.15) is 0 Å². The molecule has 206 valence electrons. The van der Waals surface area contributed by atoms with Crippen LogP contribution in [0, 0.1) is 5.41 Å². The average Bonchev–Trinajstić information content (AvgIpc) is 3.39. The maximum Gasteiger partial charge on any atom is 0.291 e. The van der Waals surface area contributed by atoms with Gasteiger partial charge in [-0.25, -0.2) is 4.98 Å². The third-order valence-corrected chi connectivity index (χ3v) is 8.35.